The van der Waals surface area contributed by atoms with Gasteiger partial charge in [0.1, 0.15) is 11.2 Å². The normalized spacial score (nSPS) is 12.9. The Kier molecular flexibility index (Phi) is 8.61. The first-order valence-corrected chi connectivity index (χ1v) is 24.6. The number of benzene rings is 12. The van der Waals surface area contributed by atoms with E-state index in [0.717, 1.165) is 61.3 Å². The molecule has 0 atom stereocenters. The third-order valence-electron chi connectivity index (χ3n) is 15.5. The highest BCUT2D eigenvalue weighted by atomic mass is 16.3. The van der Waals surface area contributed by atoms with Crippen LogP contribution in [-0.4, -0.2) is 0 Å². The van der Waals surface area contributed by atoms with Gasteiger partial charge in [-0.25, -0.2) is 0 Å². The highest BCUT2D eigenvalue weighted by Gasteiger charge is 2.51. The maximum atomic E-state index is 6.57. The molecule has 0 radical (unpaired) electrons. The zero-order valence-corrected chi connectivity index (χ0v) is 38.7. The van der Waals surface area contributed by atoms with E-state index < -0.39 is 5.41 Å². The van der Waals surface area contributed by atoms with Gasteiger partial charge in [0.05, 0.1) is 5.41 Å². The van der Waals surface area contributed by atoms with Crippen LogP contribution in [0.2, 0.25) is 0 Å². The predicted octanol–water partition coefficient (Wildman–Crippen LogP) is 18.7. The summed E-state index contributed by atoms with van der Waals surface area (Å²) in [4.78, 5) is 2.44. The van der Waals surface area contributed by atoms with Crippen LogP contribution < -0.4 is 4.90 Å². The fourth-order valence-corrected chi connectivity index (χ4v) is 12.4. The third kappa shape index (κ3) is 5.83. The number of furan rings is 1. The molecule has 0 saturated carbocycles. The van der Waals surface area contributed by atoms with E-state index in [0.29, 0.717) is 0 Å². The van der Waals surface area contributed by atoms with Crippen molar-refractivity contribution >= 4 is 60.5 Å². The first-order valence-electron chi connectivity index (χ1n) is 24.6. The second-order valence-corrected chi connectivity index (χ2v) is 19.1. The predicted molar refractivity (Wildman–Crippen MR) is 296 cm³/mol. The first-order chi connectivity index (χ1) is 35.2. The molecule has 330 valence electrons. The van der Waals surface area contributed by atoms with Crippen LogP contribution in [-0.2, 0) is 5.41 Å². The second kappa shape index (κ2) is 15.4. The minimum atomic E-state index is -0.455. The van der Waals surface area contributed by atoms with Gasteiger partial charge in [0, 0.05) is 33.4 Å². The zero-order chi connectivity index (χ0) is 46.6. The summed E-state index contributed by atoms with van der Waals surface area (Å²) < 4.78 is 6.57. The van der Waals surface area contributed by atoms with Gasteiger partial charge < -0.3 is 9.32 Å². The number of fused-ring (bicyclic) bond motifs is 16. The van der Waals surface area contributed by atoms with Crippen molar-refractivity contribution in [2.75, 3.05) is 4.90 Å². The summed E-state index contributed by atoms with van der Waals surface area (Å²) in [6, 6.07) is 96.0. The summed E-state index contributed by atoms with van der Waals surface area (Å²) in [7, 11) is 0. The summed E-state index contributed by atoms with van der Waals surface area (Å²) in [5.74, 6) is 0. The lowest BCUT2D eigenvalue weighted by Crippen LogP contribution is -2.26. The molecule has 2 heteroatoms. The van der Waals surface area contributed by atoms with Gasteiger partial charge >= 0.3 is 0 Å². The number of para-hydroxylation sites is 1. The van der Waals surface area contributed by atoms with Crippen molar-refractivity contribution < 1.29 is 4.42 Å². The van der Waals surface area contributed by atoms with Gasteiger partial charge in [-0.3, -0.25) is 0 Å². The van der Waals surface area contributed by atoms with Gasteiger partial charge in [-0.15, -0.1) is 0 Å². The Morgan fingerprint density at radius 3 is 1.46 bits per heavy atom. The Morgan fingerprint density at radius 1 is 0.268 bits per heavy atom. The van der Waals surface area contributed by atoms with E-state index in [4.69, 9.17) is 4.42 Å². The fourth-order valence-electron chi connectivity index (χ4n) is 12.4. The average Bonchev–Trinajstić information content (AvgIpc) is 4.08. The van der Waals surface area contributed by atoms with Crippen LogP contribution in [0.4, 0.5) is 17.1 Å². The van der Waals surface area contributed by atoms with E-state index in [1.54, 1.807) is 0 Å². The number of hydrogen-bond acceptors (Lipinski definition) is 2. The third-order valence-corrected chi connectivity index (χ3v) is 15.5. The van der Waals surface area contributed by atoms with Crippen LogP contribution in [0, 0.1) is 0 Å². The van der Waals surface area contributed by atoms with Gasteiger partial charge in [-0.1, -0.05) is 206 Å². The van der Waals surface area contributed by atoms with Crippen LogP contribution in [0.25, 0.3) is 99.1 Å². The van der Waals surface area contributed by atoms with E-state index in [1.165, 1.54) is 77.2 Å². The van der Waals surface area contributed by atoms with Crippen LogP contribution in [0.15, 0.2) is 265 Å². The molecule has 0 unspecified atom stereocenters. The Labute approximate surface area is 412 Å². The average molecular weight is 902 g/mol. The van der Waals surface area contributed by atoms with Crippen LogP contribution in [0.1, 0.15) is 22.3 Å². The second-order valence-electron chi connectivity index (χ2n) is 19.1. The maximum Gasteiger partial charge on any atom is 0.143 e. The molecule has 2 aliphatic carbocycles. The van der Waals surface area contributed by atoms with Crippen LogP contribution in [0.3, 0.4) is 0 Å². The highest BCUT2D eigenvalue weighted by Crippen LogP contribution is 2.63. The summed E-state index contributed by atoms with van der Waals surface area (Å²) in [5, 5.41) is 7.28. The number of hydrogen-bond donors (Lipinski definition) is 0. The number of nitrogens with zero attached hydrogens (tertiary/aromatic N) is 1. The lowest BCUT2D eigenvalue weighted by atomic mass is 9.70. The number of rotatable bonds is 6. The van der Waals surface area contributed by atoms with Crippen LogP contribution >= 0.6 is 0 Å². The van der Waals surface area contributed by atoms with Gasteiger partial charge in [-0.2, -0.15) is 0 Å². The SMILES string of the molecule is c1ccc(-c2cccc3c2oc2ccc(-c4ccc(N(c5ccc(-c6cc7ccccc7c7ccccc67)cc5)c5ccc6c(c5)C5(c7ccccc7-c7ccccc75)c5ccccc5-6)cc4)cc23)cc1. The largest absolute Gasteiger partial charge is 0.455 e. The van der Waals surface area contributed by atoms with Crippen molar-refractivity contribution in [3.63, 3.8) is 0 Å². The standard InChI is InChI=1S/C69H43NO/c1-2-15-45(16-3-1)53-24-14-25-60-62-41-47(33-40-67(62)71-68(53)60)44-29-34-49(35-30-44)70(50-36-31-46(32-37-50)61-42-48-17-4-5-18-52(48)54-19-6-7-20-55(54)61)51-38-39-59-58-23-10-13-28-65(58)69(66(59)43-51)63-26-11-8-21-56(63)57-22-9-12-27-64(57)69/h1-43H. The topological polar surface area (TPSA) is 16.4 Å². The van der Waals surface area contributed by atoms with Gasteiger partial charge in [0.25, 0.3) is 0 Å². The van der Waals surface area contributed by atoms with Crippen molar-refractivity contribution in [2.24, 2.45) is 0 Å². The molecule has 0 amide bonds. The monoisotopic (exact) mass is 901 g/mol. The van der Waals surface area contributed by atoms with Crippen molar-refractivity contribution in [1.82, 2.24) is 0 Å². The molecule has 12 aromatic carbocycles. The summed E-state index contributed by atoms with van der Waals surface area (Å²) >= 11 is 0. The molecule has 13 aromatic rings. The van der Waals surface area contributed by atoms with E-state index in [1.807, 2.05) is 0 Å². The molecule has 0 fully saturated rings. The van der Waals surface area contributed by atoms with E-state index in [2.05, 4.69) is 266 Å². The zero-order valence-electron chi connectivity index (χ0n) is 38.7. The molecule has 0 bridgehead atoms. The molecule has 0 aliphatic heterocycles. The minimum Gasteiger partial charge on any atom is -0.455 e. The molecule has 15 rings (SSSR count). The van der Waals surface area contributed by atoms with Gasteiger partial charge in [-0.05, 0) is 148 Å². The molecule has 71 heavy (non-hydrogen) atoms. The molecular weight excluding hydrogens is 859 g/mol. The van der Waals surface area contributed by atoms with Crippen molar-refractivity contribution in [1.29, 1.82) is 0 Å². The molecule has 0 saturated heterocycles. The molecule has 1 spiro atoms. The summed E-state index contributed by atoms with van der Waals surface area (Å²) in [6.45, 7) is 0. The van der Waals surface area contributed by atoms with Gasteiger partial charge in [0.2, 0.25) is 0 Å². The fraction of sp³-hybridized carbons (Fsp3) is 0.0145. The highest BCUT2D eigenvalue weighted by molar-refractivity contribution is 6.14. The van der Waals surface area contributed by atoms with Crippen LogP contribution in [0.5, 0.6) is 0 Å². The molecule has 2 nitrogen and oxygen atoms in total. The first kappa shape index (κ1) is 39.7. The van der Waals surface area contributed by atoms with E-state index >= 15 is 0 Å². The lowest BCUT2D eigenvalue weighted by Gasteiger charge is -2.32. The summed E-state index contributed by atoms with van der Waals surface area (Å²) in [5.41, 5.74) is 22.1. The maximum absolute atomic E-state index is 6.57. The van der Waals surface area contributed by atoms with E-state index in [-0.39, 0.29) is 0 Å². The smallest absolute Gasteiger partial charge is 0.143 e. The molecule has 0 N–H and O–H groups in total. The molecule has 1 aromatic heterocycles. The Hall–Kier alpha value is -9.24. The molecule has 1 heterocycles. The lowest BCUT2D eigenvalue weighted by molar-refractivity contribution is 0.670. The van der Waals surface area contributed by atoms with Crippen molar-refractivity contribution in [3.05, 3.63) is 283 Å². The van der Waals surface area contributed by atoms with Gasteiger partial charge in [0.15, 0.2) is 0 Å². The quantitative estimate of drug-likeness (QED) is 0.155. The minimum absolute atomic E-state index is 0.455. The summed E-state index contributed by atoms with van der Waals surface area (Å²) in [6.07, 6.45) is 0. The Bertz CT molecular complexity index is 4210. The van der Waals surface area contributed by atoms with Crippen molar-refractivity contribution in [2.45, 2.75) is 5.41 Å². The Balaban J connectivity index is 0.890. The Morgan fingerprint density at radius 2 is 0.775 bits per heavy atom. The van der Waals surface area contributed by atoms with Crippen molar-refractivity contribution in [3.8, 4) is 55.6 Å². The molecule has 2 aliphatic rings. The number of anilines is 3. The van der Waals surface area contributed by atoms with E-state index in [9.17, 15) is 0 Å². The molecular formula is C69H43NO.